The topological polar surface area (TPSA) is 191 Å². The van der Waals surface area contributed by atoms with Crippen LogP contribution in [0, 0.1) is 13.8 Å². The molecule has 2 aromatic heterocycles. The quantitative estimate of drug-likeness (QED) is 0.167. The Morgan fingerprint density at radius 3 is 1.69 bits per heavy atom. The Morgan fingerprint density at radius 2 is 1.22 bits per heavy atom. The smallest absolute Gasteiger partial charge is 0.414 e. The van der Waals surface area contributed by atoms with Gasteiger partial charge in [0.15, 0.2) is 16.6 Å². The Morgan fingerprint density at radius 1 is 0.759 bits per heavy atom. The van der Waals surface area contributed by atoms with E-state index in [1.165, 1.54) is 21.5 Å². The van der Waals surface area contributed by atoms with E-state index < -0.39 is 83.8 Å². The monoisotopic (exact) mass is 816 g/mol. The zero-order valence-electron chi connectivity index (χ0n) is 34.1. The number of nitrogens with zero attached hydrogens (tertiary/aromatic N) is 2. The van der Waals surface area contributed by atoms with E-state index in [1.807, 2.05) is 6.92 Å². The normalized spacial score (nSPS) is 25.3. The third-order valence-electron chi connectivity index (χ3n) is 11.1. The summed E-state index contributed by atoms with van der Waals surface area (Å²) >= 11 is 0. The number of phosphoric acid groups is 1. The number of hydrogen-bond acceptors (Lipinski definition) is 12. The fourth-order valence-electron chi connectivity index (χ4n) is 5.57. The number of hydrogen-bond donors (Lipinski definition) is 2. The number of aromatic nitrogens is 4. The number of H-pyrrole nitrogens is 2. The lowest BCUT2D eigenvalue weighted by Gasteiger charge is -2.39. The summed E-state index contributed by atoms with van der Waals surface area (Å²) in [7, 11) is -9.03. The maximum Gasteiger partial charge on any atom is 0.475 e. The molecule has 0 radical (unpaired) electrons. The van der Waals surface area contributed by atoms with Crippen LogP contribution in [0.2, 0.25) is 36.3 Å². The summed E-state index contributed by atoms with van der Waals surface area (Å²) in [5.74, 6) is 0. The molecule has 1 unspecified atom stereocenters. The zero-order chi connectivity index (χ0) is 40.6. The summed E-state index contributed by atoms with van der Waals surface area (Å²) < 4.78 is 61.4. The van der Waals surface area contributed by atoms with E-state index in [9.17, 15) is 23.7 Å². The van der Waals surface area contributed by atoms with Gasteiger partial charge in [-0.05, 0) is 56.5 Å². The van der Waals surface area contributed by atoms with Gasteiger partial charge < -0.3 is 18.3 Å². The lowest BCUT2D eigenvalue weighted by molar-refractivity contribution is -0.0579. The van der Waals surface area contributed by atoms with E-state index in [0.29, 0.717) is 17.5 Å². The summed E-state index contributed by atoms with van der Waals surface area (Å²) in [5.41, 5.74) is -1.60. The molecule has 2 aliphatic heterocycles. The number of nitrogens with one attached hydrogen (secondary N) is 2. The first kappa shape index (κ1) is 44.5. The number of rotatable bonds is 15. The van der Waals surface area contributed by atoms with Gasteiger partial charge in [-0.2, -0.15) is 0 Å². The van der Waals surface area contributed by atoms with Crippen LogP contribution in [0.5, 0.6) is 0 Å². The summed E-state index contributed by atoms with van der Waals surface area (Å²) in [5, 5.41) is -0.268. The lowest BCUT2D eigenvalue weighted by Crippen LogP contribution is -2.46. The van der Waals surface area contributed by atoms with Crippen LogP contribution in [0.4, 0.5) is 0 Å². The predicted octanol–water partition coefficient (Wildman–Crippen LogP) is 5.63. The zero-order valence-corrected chi connectivity index (χ0v) is 37.0. The number of aryl methyl sites for hydroxylation is 2. The molecule has 2 saturated heterocycles. The van der Waals surface area contributed by atoms with Crippen LogP contribution in [0.15, 0.2) is 31.6 Å². The van der Waals surface area contributed by atoms with Gasteiger partial charge >= 0.3 is 19.2 Å². The SMILES string of the molecule is CCCOP(=O)(OC[C@H]1O[C@@H](n2cc(C)c(=O)[nH]c2=O)C[C@@H]1O[Si](C)(C)C(C)(C)C)O[C@H]1C[C@H](n2cc(C)c(=O)[nH]c2=O)O[C@@H]1CO[Si](C)(C)C(C)(C)C. The van der Waals surface area contributed by atoms with Gasteiger partial charge in [0.25, 0.3) is 11.1 Å². The molecule has 0 aliphatic carbocycles. The molecule has 0 aromatic carbocycles. The molecule has 0 bridgehead atoms. The van der Waals surface area contributed by atoms with E-state index in [1.54, 1.807) is 13.8 Å². The Bertz CT molecular complexity index is 1910. The van der Waals surface area contributed by atoms with Crippen molar-refractivity contribution in [3.63, 3.8) is 0 Å². The van der Waals surface area contributed by atoms with E-state index >= 15 is 0 Å². The van der Waals surface area contributed by atoms with Gasteiger partial charge in [-0.25, -0.2) is 14.2 Å². The molecule has 7 atom stereocenters. The lowest BCUT2D eigenvalue weighted by atomic mass is 10.2. The summed E-state index contributed by atoms with van der Waals surface area (Å²) in [6, 6.07) is 0. The molecule has 2 fully saturated rings. The minimum Gasteiger partial charge on any atom is -0.414 e. The van der Waals surface area contributed by atoms with Gasteiger partial charge in [0.1, 0.15) is 30.8 Å². The largest absolute Gasteiger partial charge is 0.475 e. The van der Waals surface area contributed by atoms with Gasteiger partial charge in [0.2, 0.25) is 0 Å². The van der Waals surface area contributed by atoms with Gasteiger partial charge in [0, 0.05) is 36.4 Å². The third kappa shape index (κ3) is 10.4. The fraction of sp³-hybridized carbons (Fsp3) is 0.771. The maximum absolute atomic E-state index is 14.6. The fourth-order valence-corrected chi connectivity index (χ4v) is 9.43. The van der Waals surface area contributed by atoms with Crippen LogP contribution in [0.3, 0.4) is 0 Å². The van der Waals surface area contributed by atoms with Gasteiger partial charge in [-0.15, -0.1) is 0 Å². The molecule has 0 amide bonds. The van der Waals surface area contributed by atoms with E-state index in [4.69, 9.17) is 31.9 Å². The number of aromatic amines is 2. The highest BCUT2D eigenvalue weighted by atomic mass is 31.2. The van der Waals surface area contributed by atoms with Crippen molar-refractivity contribution in [3.05, 3.63) is 65.2 Å². The van der Waals surface area contributed by atoms with Crippen LogP contribution in [-0.2, 0) is 36.5 Å². The molecule has 4 heterocycles. The maximum atomic E-state index is 14.6. The Labute approximate surface area is 319 Å². The second kappa shape index (κ2) is 16.7. The summed E-state index contributed by atoms with van der Waals surface area (Å²) in [6.07, 6.45) is -0.962. The summed E-state index contributed by atoms with van der Waals surface area (Å²) in [6.45, 7) is 26.0. The Hall–Kier alpha value is -2.26. The van der Waals surface area contributed by atoms with Crippen molar-refractivity contribution in [2.45, 2.75) is 155 Å². The van der Waals surface area contributed by atoms with Crippen molar-refractivity contribution >= 4 is 24.5 Å². The highest BCUT2D eigenvalue weighted by Crippen LogP contribution is 2.54. The highest BCUT2D eigenvalue weighted by Gasteiger charge is 2.48. The minimum absolute atomic E-state index is 0.0576. The van der Waals surface area contributed by atoms with Crippen molar-refractivity contribution in [2.75, 3.05) is 19.8 Å². The Kier molecular flexibility index (Phi) is 13.7. The molecule has 16 nitrogen and oxygen atoms in total. The predicted molar refractivity (Wildman–Crippen MR) is 209 cm³/mol. The second-order valence-electron chi connectivity index (χ2n) is 17.4. The van der Waals surface area contributed by atoms with Gasteiger partial charge in [0.05, 0.1) is 25.9 Å². The molecule has 54 heavy (non-hydrogen) atoms. The van der Waals surface area contributed by atoms with Crippen molar-refractivity contribution in [1.29, 1.82) is 0 Å². The standard InChI is InChI=1S/C35H61N4O12PSi2/c1-14-15-45-52(44,46-20-26-25(51-54(12,13)35(7,8)9)17-29(48-26)39-19-23(3)31(41)37-33(39)43)50-24-16-28(38-18-22(2)30(40)36-32(38)42)49-27(24)21-47-53(10,11)34(4,5)6/h18-19,24-29H,14-17,20-21H2,1-13H3,(H,36,40,42)(H,37,41,43)/t24-,25-,26+,27+,28+,29+,52?/m0/s1. The molecule has 4 rings (SSSR count). The average Bonchev–Trinajstić information content (AvgIpc) is 3.63. The second-order valence-corrected chi connectivity index (χ2v) is 28.6. The number of ether oxygens (including phenoxy) is 2. The third-order valence-corrected chi connectivity index (χ3v) is 21.6. The first-order chi connectivity index (χ1) is 24.8. The van der Waals surface area contributed by atoms with E-state index in [-0.39, 0.29) is 42.7 Å². The van der Waals surface area contributed by atoms with Crippen molar-refractivity contribution in [3.8, 4) is 0 Å². The molecule has 0 spiro atoms. The number of phosphoric ester groups is 1. The van der Waals surface area contributed by atoms with Crippen LogP contribution in [0.1, 0.15) is 91.3 Å². The average molecular weight is 817 g/mol. The van der Waals surface area contributed by atoms with Crippen LogP contribution >= 0.6 is 7.82 Å². The first-order valence-corrected chi connectivity index (χ1v) is 25.9. The molecular formula is C35H61N4O12PSi2. The van der Waals surface area contributed by atoms with Crippen molar-refractivity contribution < 1.29 is 36.5 Å². The van der Waals surface area contributed by atoms with E-state index in [2.05, 4.69) is 77.7 Å². The molecule has 306 valence electrons. The molecular weight excluding hydrogens is 756 g/mol. The van der Waals surface area contributed by atoms with Gasteiger partial charge in [-0.1, -0.05) is 48.5 Å². The van der Waals surface area contributed by atoms with Crippen LogP contribution in [0.25, 0.3) is 0 Å². The Balaban J connectivity index is 1.64. The molecule has 2 aromatic rings. The first-order valence-electron chi connectivity index (χ1n) is 18.6. The van der Waals surface area contributed by atoms with E-state index in [0.717, 1.165) is 0 Å². The van der Waals surface area contributed by atoms with Crippen molar-refractivity contribution in [2.24, 2.45) is 0 Å². The van der Waals surface area contributed by atoms with Crippen LogP contribution in [-0.4, -0.2) is 80.0 Å². The van der Waals surface area contributed by atoms with Gasteiger partial charge in [-0.3, -0.25) is 42.3 Å². The molecule has 0 saturated carbocycles. The van der Waals surface area contributed by atoms with Crippen molar-refractivity contribution in [1.82, 2.24) is 19.1 Å². The molecule has 2 N–H and O–H groups in total. The molecule has 19 heteroatoms. The molecule has 2 aliphatic rings. The van der Waals surface area contributed by atoms with Crippen LogP contribution < -0.4 is 22.5 Å². The minimum atomic E-state index is -4.35. The summed E-state index contributed by atoms with van der Waals surface area (Å²) in [4.78, 5) is 54.7. The highest BCUT2D eigenvalue weighted by molar-refractivity contribution is 7.48.